The van der Waals surface area contributed by atoms with E-state index >= 15 is 0 Å². The Bertz CT molecular complexity index is 1070. The minimum Gasteiger partial charge on any atom is -0.345 e. The molecule has 0 radical (unpaired) electrons. The highest BCUT2D eigenvalue weighted by Crippen LogP contribution is 2.31. The van der Waals surface area contributed by atoms with Crippen LogP contribution in [0.15, 0.2) is 30.5 Å². The number of sulfonamides is 1. The summed E-state index contributed by atoms with van der Waals surface area (Å²) in [7, 11) is -2.55. The number of aromatic nitrogens is 2. The maximum Gasteiger partial charge on any atom is 0.293 e. The molecule has 0 bridgehead atoms. The quantitative estimate of drug-likeness (QED) is 0.702. The number of halogens is 1. The number of aryl methyl sites for hydroxylation is 1. The van der Waals surface area contributed by atoms with E-state index < -0.39 is 33.0 Å². The fraction of sp³-hybridized carbons (Fsp3) is 0.294. The molecule has 2 aromatic rings. The van der Waals surface area contributed by atoms with Crippen LogP contribution in [0.1, 0.15) is 28.8 Å². The molecule has 9 nitrogen and oxygen atoms in total. The first-order chi connectivity index (χ1) is 13.0. The highest BCUT2D eigenvalue weighted by Gasteiger charge is 2.43. The first kappa shape index (κ1) is 19.7. The largest absolute Gasteiger partial charge is 0.345 e. The number of anilines is 1. The maximum absolute atomic E-state index is 14.5. The molecule has 1 aromatic carbocycles. The number of hydrogen-bond donors (Lipinski definition) is 3. The Kier molecular flexibility index (Phi) is 4.79. The molecule has 1 aliphatic rings. The van der Waals surface area contributed by atoms with Gasteiger partial charge in [0.25, 0.3) is 5.91 Å². The van der Waals surface area contributed by atoms with Crippen molar-refractivity contribution in [2.45, 2.75) is 19.4 Å². The van der Waals surface area contributed by atoms with Gasteiger partial charge in [-0.3, -0.25) is 10.2 Å². The van der Waals surface area contributed by atoms with E-state index in [9.17, 15) is 17.6 Å². The van der Waals surface area contributed by atoms with Crippen LogP contribution in [-0.4, -0.2) is 47.4 Å². The van der Waals surface area contributed by atoms with Gasteiger partial charge in [0.15, 0.2) is 0 Å². The fourth-order valence-electron chi connectivity index (χ4n) is 2.89. The number of guanidine groups is 1. The molecule has 28 heavy (non-hydrogen) atoms. The van der Waals surface area contributed by atoms with E-state index in [1.807, 2.05) is 0 Å². The Morgan fingerprint density at radius 2 is 2.11 bits per heavy atom. The van der Waals surface area contributed by atoms with Gasteiger partial charge in [0.05, 0.1) is 11.3 Å². The number of rotatable bonds is 3. The standard InChI is InChI=1S/C17H19FN6O3S/c1-10-6-7-20-14(21-10)15(25)22-11-4-5-13(18)12(8-11)17(2)9-28(26,27)24(3)16(19)23-17/h4-8H,9H2,1-3H3,(H2,19,23)(H,22,25)/t17-/m0/s1. The monoisotopic (exact) mass is 406 g/mol. The maximum atomic E-state index is 14.5. The zero-order valence-corrected chi connectivity index (χ0v) is 16.3. The summed E-state index contributed by atoms with van der Waals surface area (Å²) >= 11 is 0. The molecule has 2 heterocycles. The van der Waals surface area contributed by atoms with Crippen molar-refractivity contribution in [3.8, 4) is 0 Å². The third kappa shape index (κ3) is 3.65. The van der Waals surface area contributed by atoms with Crippen LogP contribution >= 0.6 is 0 Å². The van der Waals surface area contributed by atoms with E-state index in [4.69, 9.17) is 5.41 Å². The Hall–Kier alpha value is -3.08. The van der Waals surface area contributed by atoms with Crippen molar-refractivity contribution >= 4 is 27.6 Å². The molecule has 1 amide bonds. The summed E-state index contributed by atoms with van der Waals surface area (Å²) in [4.78, 5) is 20.3. The van der Waals surface area contributed by atoms with Crippen molar-refractivity contribution in [2.24, 2.45) is 0 Å². The number of nitrogens with one attached hydrogen (secondary N) is 3. The van der Waals surface area contributed by atoms with Crippen molar-refractivity contribution in [3.05, 3.63) is 53.4 Å². The number of nitrogens with zero attached hydrogens (tertiary/aromatic N) is 3. The van der Waals surface area contributed by atoms with Crippen LogP contribution in [0.25, 0.3) is 0 Å². The second kappa shape index (κ2) is 6.82. The summed E-state index contributed by atoms with van der Waals surface area (Å²) < 4.78 is 39.9. The summed E-state index contributed by atoms with van der Waals surface area (Å²) in [6.45, 7) is 3.20. The van der Waals surface area contributed by atoms with Gasteiger partial charge in [-0.2, -0.15) is 0 Å². The van der Waals surface area contributed by atoms with Crippen LogP contribution < -0.4 is 10.6 Å². The van der Waals surface area contributed by atoms with Crippen LogP contribution in [-0.2, 0) is 15.6 Å². The average Bonchev–Trinajstić information content (AvgIpc) is 2.61. The molecule has 0 spiro atoms. The number of carbonyl (C=O) groups is 1. The zero-order chi connectivity index (χ0) is 20.7. The van der Waals surface area contributed by atoms with Crippen LogP contribution in [0, 0.1) is 18.2 Å². The molecular formula is C17H19FN6O3S. The highest BCUT2D eigenvalue weighted by molar-refractivity contribution is 7.89. The summed E-state index contributed by atoms with van der Waals surface area (Å²) in [6.07, 6.45) is 1.45. The van der Waals surface area contributed by atoms with Crippen molar-refractivity contribution in [1.29, 1.82) is 5.41 Å². The summed E-state index contributed by atoms with van der Waals surface area (Å²) in [5, 5.41) is 13.2. The lowest BCUT2D eigenvalue weighted by molar-refractivity contribution is 0.101. The highest BCUT2D eigenvalue weighted by atomic mass is 32.2. The summed E-state index contributed by atoms with van der Waals surface area (Å²) in [5.41, 5.74) is -0.506. The Balaban J connectivity index is 1.94. The van der Waals surface area contributed by atoms with Gasteiger partial charge in [0, 0.05) is 30.2 Å². The molecule has 1 saturated heterocycles. The fourth-order valence-corrected chi connectivity index (χ4v) is 4.37. The Labute approximate surface area is 161 Å². The number of benzene rings is 1. The first-order valence-electron chi connectivity index (χ1n) is 8.26. The minimum atomic E-state index is -3.79. The van der Waals surface area contributed by atoms with Crippen molar-refractivity contribution in [1.82, 2.24) is 19.6 Å². The molecule has 0 aliphatic carbocycles. The Morgan fingerprint density at radius 1 is 1.39 bits per heavy atom. The molecule has 1 aliphatic heterocycles. The second-order valence-corrected chi connectivity index (χ2v) is 8.70. The van der Waals surface area contributed by atoms with Crippen LogP contribution in [0.4, 0.5) is 10.1 Å². The molecule has 1 aromatic heterocycles. The number of amides is 1. The predicted molar refractivity (Wildman–Crippen MR) is 101 cm³/mol. The van der Waals surface area contributed by atoms with Crippen LogP contribution in [0.3, 0.4) is 0 Å². The van der Waals surface area contributed by atoms with Crippen LogP contribution in [0.5, 0.6) is 0 Å². The third-order valence-corrected chi connectivity index (χ3v) is 6.37. The van der Waals surface area contributed by atoms with E-state index in [1.165, 1.54) is 32.3 Å². The number of hydrogen-bond acceptors (Lipinski definition) is 6. The van der Waals surface area contributed by atoms with Gasteiger partial charge in [-0.25, -0.2) is 27.1 Å². The molecule has 3 N–H and O–H groups in total. The van der Waals surface area contributed by atoms with Crippen molar-refractivity contribution < 1.29 is 17.6 Å². The average molecular weight is 406 g/mol. The van der Waals surface area contributed by atoms with E-state index in [2.05, 4.69) is 20.6 Å². The van der Waals surface area contributed by atoms with Gasteiger partial charge in [-0.15, -0.1) is 0 Å². The van der Waals surface area contributed by atoms with Crippen molar-refractivity contribution in [2.75, 3.05) is 18.1 Å². The summed E-state index contributed by atoms with van der Waals surface area (Å²) in [6, 6.07) is 5.47. The lowest BCUT2D eigenvalue weighted by Gasteiger charge is -2.40. The SMILES string of the molecule is Cc1ccnc(C(=O)Nc2ccc(F)c([C@]3(C)CS(=O)(=O)N(C)C(=N)N3)c2)n1. The first-order valence-corrected chi connectivity index (χ1v) is 9.87. The molecule has 0 saturated carbocycles. The second-order valence-electron chi connectivity index (χ2n) is 6.70. The zero-order valence-electron chi connectivity index (χ0n) is 15.4. The lowest BCUT2D eigenvalue weighted by Crippen LogP contribution is -2.61. The van der Waals surface area contributed by atoms with Gasteiger partial charge < -0.3 is 10.6 Å². The lowest BCUT2D eigenvalue weighted by atomic mass is 9.93. The minimum absolute atomic E-state index is 0.0110. The molecule has 3 rings (SSSR count). The third-order valence-electron chi connectivity index (χ3n) is 4.41. The van der Waals surface area contributed by atoms with E-state index in [0.717, 1.165) is 10.4 Å². The number of carbonyl (C=O) groups excluding carboxylic acids is 1. The van der Waals surface area contributed by atoms with Gasteiger partial charge in [0.2, 0.25) is 21.8 Å². The van der Waals surface area contributed by atoms with E-state index in [-0.39, 0.29) is 23.0 Å². The van der Waals surface area contributed by atoms with Gasteiger partial charge >= 0.3 is 0 Å². The molecule has 11 heteroatoms. The topological polar surface area (TPSA) is 128 Å². The van der Waals surface area contributed by atoms with E-state index in [0.29, 0.717) is 5.69 Å². The molecular weight excluding hydrogens is 387 g/mol. The van der Waals surface area contributed by atoms with E-state index in [1.54, 1.807) is 13.0 Å². The summed E-state index contributed by atoms with van der Waals surface area (Å²) in [5.74, 6) is -2.10. The molecule has 148 valence electrons. The van der Waals surface area contributed by atoms with Crippen molar-refractivity contribution in [3.63, 3.8) is 0 Å². The predicted octanol–water partition coefficient (Wildman–Crippen LogP) is 1.19. The van der Waals surface area contributed by atoms with Gasteiger partial charge in [-0.05, 0) is 38.1 Å². The van der Waals surface area contributed by atoms with Gasteiger partial charge in [0.1, 0.15) is 5.82 Å². The normalized spacial score (nSPS) is 21.1. The van der Waals surface area contributed by atoms with Gasteiger partial charge in [-0.1, -0.05) is 0 Å². The van der Waals surface area contributed by atoms with Crippen LogP contribution in [0.2, 0.25) is 0 Å². The molecule has 1 fully saturated rings. The Morgan fingerprint density at radius 3 is 2.75 bits per heavy atom. The molecule has 0 unspecified atom stereocenters. The molecule has 1 atom stereocenters. The smallest absolute Gasteiger partial charge is 0.293 e.